The number of benzene rings is 1. The van der Waals surface area contributed by atoms with Crippen LogP contribution in [0.4, 0.5) is 10.5 Å². The van der Waals surface area contributed by atoms with Gasteiger partial charge in [0.25, 0.3) is 0 Å². The van der Waals surface area contributed by atoms with E-state index in [0.717, 1.165) is 12.0 Å². The third-order valence-corrected chi connectivity index (χ3v) is 3.42. The predicted octanol–water partition coefficient (Wildman–Crippen LogP) is 1.65. The fourth-order valence-corrected chi connectivity index (χ4v) is 2.34. The molecule has 1 aliphatic heterocycles. The molecule has 0 unspecified atom stereocenters. The lowest BCUT2D eigenvalue weighted by Gasteiger charge is -2.35. The number of nitrogens with zero attached hydrogens (tertiary/aromatic N) is 3. The molecular weight excluding hydrogens is 270 g/mol. The van der Waals surface area contributed by atoms with Gasteiger partial charge in [-0.15, -0.1) is 0 Å². The van der Waals surface area contributed by atoms with E-state index in [4.69, 9.17) is 4.74 Å². The molecular formula is C15H17N3O3. The molecule has 21 heavy (non-hydrogen) atoms. The van der Waals surface area contributed by atoms with Gasteiger partial charge < -0.3 is 14.5 Å². The van der Waals surface area contributed by atoms with Crippen LogP contribution in [0.5, 0.6) is 0 Å². The molecule has 0 N–H and O–H groups in total. The van der Waals surface area contributed by atoms with Crippen LogP contribution in [0.1, 0.15) is 22.8 Å². The predicted molar refractivity (Wildman–Crippen MR) is 77.4 cm³/mol. The molecule has 1 saturated heterocycles. The molecule has 1 aromatic carbocycles. The number of hydrogen-bond acceptors (Lipinski definition) is 5. The lowest BCUT2D eigenvalue weighted by Crippen LogP contribution is -2.49. The normalized spacial score (nSPS) is 14.5. The van der Waals surface area contributed by atoms with Crippen molar-refractivity contribution in [3.8, 4) is 6.07 Å². The minimum Gasteiger partial charge on any atom is -0.450 e. The highest BCUT2D eigenvalue weighted by Gasteiger charge is 2.23. The lowest BCUT2D eigenvalue weighted by molar-refractivity contribution is 0.105. The van der Waals surface area contributed by atoms with Gasteiger partial charge in [0.2, 0.25) is 0 Å². The fourth-order valence-electron chi connectivity index (χ4n) is 2.34. The van der Waals surface area contributed by atoms with Gasteiger partial charge in [0.15, 0.2) is 0 Å². The first kappa shape index (κ1) is 14.9. The van der Waals surface area contributed by atoms with E-state index in [1.54, 1.807) is 30.0 Å². The van der Waals surface area contributed by atoms with Crippen LogP contribution in [0, 0.1) is 11.3 Å². The van der Waals surface area contributed by atoms with Crippen LogP contribution in [-0.2, 0) is 4.74 Å². The van der Waals surface area contributed by atoms with Crippen molar-refractivity contribution in [2.45, 2.75) is 6.92 Å². The molecule has 0 radical (unpaired) electrons. The molecule has 0 saturated carbocycles. The van der Waals surface area contributed by atoms with E-state index in [0.29, 0.717) is 43.9 Å². The summed E-state index contributed by atoms with van der Waals surface area (Å²) in [5, 5.41) is 9.20. The first-order chi connectivity index (χ1) is 10.2. The topological polar surface area (TPSA) is 73.6 Å². The third kappa shape index (κ3) is 3.31. The first-order valence-electron chi connectivity index (χ1n) is 6.85. The summed E-state index contributed by atoms with van der Waals surface area (Å²) >= 11 is 0. The zero-order valence-electron chi connectivity index (χ0n) is 11.9. The Kier molecular flexibility index (Phi) is 4.77. The Morgan fingerprint density at radius 1 is 1.38 bits per heavy atom. The maximum absolute atomic E-state index is 11.6. The summed E-state index contributed by atoms with van der Waals surface area (Å²) in [6.45, 7) is 4.52. The number of hydrogen-bond donors (Lipinski definition) is 0. The summed E-state index contributed by atoms with van der Waals surface area (Å²) in [6, 6.07) is 7.17. The first-order valence-corrected chi connectivity index (χ1v) is 6.85. The summed E-state index contributed by atoms with van der Waals surface area (Å²) in [5.41, 5.74) is 1.76. The van der Waals surface area contributed by atoms with Gasteiger partial charge in [-0.05, 0) is 25.1 Å². The van der Waals surface area contributed by atoms with Crippen molar-refractivity contribution in [2.75, 3.05) is 37.7 Å². The van der Waals surface area contributed by atoms with Gasteiger partial charge in [0.05, 0.1) is 17.9 Å². The van der Waals surface area contributed by atoms with Crippen LogP contribution in [0.25, 0.3) is 0 Å². The molecule has 6 nitrogen and oxygen atoms in total. The van der Waals surface area contributed by atoms with Crippen molar-refractivity contribution < 1.29 is 14.3 Å². The summed E-state index contributed by atoms with van der Waals surface area (Å²) in [7, 11) is 0. The number of amides is 1. The zero-order valence-corrected chi connectivity index (χ0v) is 11.9. The quantitative estimate of drug-likeness (QED) is 0.790. The lowest BCUT2D eigenvalue weighted by atomic mass is 10.1. The van der Waals surface area contributed by atoms with E-state index in [9.17, 15) is 14.9 Å². The molecule has 0 spiro atoms. The number of rotatable bonds is 3. The second kappa shape index (κ2) is 6.75. The Morgan fingerprint density at radius 2 is 2.10 bits per heavy atom. The van der Waals surface area contributed by atoms with Crippen molar-refractivity contribution >= 4 is 18.1 Å². The maximum atomic E-state index is 11.6. The second-order valence-corrected chi connectivity index (χ2v) is 4.68. The van der Waals surface area contributed by atoms with Crippen molar-refractivity contribution in [1.29, 1.82) is 5.26 Å². The van der Waals surface area contributed by atoms with Crippen LogP contribution in [0.2, 0.25) is 0 Å². The van der Waals surface area contributed by atoms with Gasteiger partial charge in [-0.25, -0.2) is 4.79 Å². The van der Waals surface area contributed by atoms with Crippen LogP contribution >= 0.6 is 0 Å². The Bertz CT molecular complexity index is 572. The van der Waals surface area contributed by atoms with E-state index in [1.807, 2.05) is 4.90 Å². The van der Waals surface area contributed by atoms with Gasteiger partial charge in [0, 0.05) is 31.7 Å². The molecule has 1 aliphatic rings. The molecule has 0 aliphatic carbocycles. The molecule has 0 aromatic heterocycles. The molecule has 1 aromatic rings. The van der Waals surface area contributed by atoms with Crippen LogP contribution in [0.3, 0.4) is 0 Å². The second-order valence-electron chi connectivity index (χ2n) is 4.68. The van der Waals surface area contributed by atoms with Crippen LogP contribution in [-0.4, -0.2) is 50.1 Å². The summed E-state index contributed by atoms with van der Waals surface area (Å²) < 4.78 is 4.97. The van der Waals surface area contributed by atoms with Gasteiger partial charge >= 0.3 is 6.09 Å². The van der Waals surface area contributed by atoms with Crippen LogP contribution in [0.15, 0.2) is 18.2 Å². The minimum atomic E-state index is -0.297. The highest BCUT2D eigenvalue weighted by Crippen LogP contribution is 2.22. The highest BCUT2D eigenvalue weighted by molar-refractivity contribution is 5.78. The van der Waals surface area contributed by atoms with E-state index >= 15 is 0 Å². The Morgan fingerprint density at radius 3 is 2.67 bits per heavy atom. The summed E-state index contributed by atoms with van der Waals surface area (Å²) in [4.78, 5) is 26.1. The Balaban J connectivity index is 2.07. The summed E-state index contributed by atoms with van der Waals surface area (Å²) in [6.07, 6.45) is 0.428. The molecule has 0 bridgehead atoms. The van der Waals surface area contributed by atoms with E-state index < -0.39 is 0 Å². The van der Waals surface area contributed by atoms with Crippen molar-refractivity contribution in [3.05, 3.63) is 29.3 Å². The van der Waals surface area contributed by atoms with Gasteiger partial charge in [0.1, 0.15) is 12.4 Å². The van der Waals surface area contributed by atoms with Gasteiger partial charge in [-0.2, -0.15) is 5.26 Å². The molecule has 110 valence electrons. The summed E-state index contributed by atoms with van der Waals surface area (Å²) in [5.74, 6) is 0. The number of ether oxygens (including phenoxy) is 1. The number of anilines is 1. The van der Waals surface area contributed by atoms with Crippen molar-refractivity contribution in [3.63, 3.8) is 0 Å². The minimum absolute atomic E-state index is 0.297. The average molecular weight is 287 g/mol. The standard InChI is InChI=1S/C15H17N3O3/c1-2-21-15(20)18-7-5-17(6-8-18)14-4-3-12(11-19)9-13(14)10-16/h3-4,9,11H,2,5-8H2,1H3. The monoisotopic (exact) mass is 287 g/mol. The molecule has 1 amide bonds. The van der Waals surface area contributed by atoms with E-state index in [2.05, 4.69) is 6.07 Å². The molecule has 2 rings (SSSR count). The largest absolute Gasteiger partial charge is 0.450 e. The number of piperazine rings is 1. The fraction of sp³-hybridized carbons (Fsp3) is 0.400. The Hall–Kier alpha value is -2.55. The van der Waals surface area contributed by atoms with Gasteiger partial charge in [-0.3, -0.25) is 4.79 Å². The van der Waals surface area contributed by atoms with E-state index in [-0.39, 0.29) is 6.09 Å². The maximum Gasteiger partial charge on any atom is 0.409 e. The number of carbonyl (C=O) groups excluding carboxylic acids is 2. The smallest absolute Gasteiger partial charge is 0.409 e. The van der Waals surface area contributed by atoms with Crippen molar-refractivity contribution in [1.82, 2.24) is 4.90 Å². The highest BCUT2D eigenvalue weighted by atomic mass is 16.6. The van der Waals surface area contributed by atoms with Crippen LogP contribution < -0.4 is 4.90 Å². The zero-order chi connectivity index (χ0) is 15.2. The third-order valence-electron chi connectivity index (χ3n) is 3.42. The number of carbonyl (C=O) groups is 2. The number of aldehydes is 1. The number of nitriles is 1. The van der Waals surface area contributed by atoms with E-state index in [1.165, 1.54) is 0 Å². The average Bonchev–Trinajstić information content (AvgIpc) is 2.54. The molecule has 6 heteroatoms. The molecule has 0 atom stereocenters. The van der Waals surface area contributed by atoms with Gasteiger partial charge in [-0.1, -0.05) is 0 Å². The Labute approximate surface area is 123 Å². The van der Waals surface area contributed by atoms with Crippen molar-refractivity contribution in [2.24, 2.45) is 0 Å². The molecule has 1 heterocycles. The SMILES string of the molecule is CCOC(=O)N1CCN(c2ccc(C=O)cc2C#N)CC1. The molecule has 1 fully saturated rings.